The summed E-state index contributed by atoms with van der Waals surface area (Å²) in [6.07, 6.45) is -2.38. The van der Waals surface area contributed by atoms with Crippen molar-refractivity contribution < 1.29 is 39.2 Å². The molecule has 1 N–H and O–H groups in total. The summed E-state index contributed by atoms with van der Waals surface area (Å²) in [6, 6.07) is 4.73. The molecule has 0 saturated heterocycles. The van der Waals surface area contributed by atoms with Crippen molar-refractivity contribution in [3.8, 4) is 11.6 Å². The van der Waals surface area contributed by atoms with Gasteiger partial charge in [0.15, 0.2) is 15.4 Å². The smallest absolute Gasteiger partial charge is 0.435 e. The number of sulfone groups is 1. The van der Waals surface area contributed by atoms with Crippen molar-refractivity contribution >= 4 is 38.9 Å². The third-order valence-corrected chi connectivity index (χ3v) is 6.43. The fourth-order valence-electron chi connectivity index (χ4n) is 2.54. The van der Waals surface area contributed by atoms with E-state index in [2.05, 4.69) is 15.1 Å². The van der Waals surface area contributed by atoms with Crippen LogP contribution in [0.15, 0.2) is 49.8 Å². The van der Waals surface area contributed by atoms with Gasteiger partial charge in [-0.2, -0.15) is 31.4 Å². The maximum Gasteiger partial charge on any atom is 0.446 e. The van der Waals surface area contributed by atoms with E-state index in [0.29, 0.717) is 0 Å². The second-order valence-electron chi connectivity index (χ2n) is 6.42. The van der Waals surface area contributed by atoms with Crippen LogP contribution in [0, 0.1) is 0 Å². The topological polar surface area (TPSA) is 97.5 Å². The number of benzene rings is 1. The van der Waals surface area contributed by atoms with Crippen molar-refractivity contribution in [3.05, 3.63) is 36.0 Å². The molecular formula is C18H14F6N4O3S2. The molecule has 7 nitrogen and oxygen atoms in total. The average molecular weight is 512 g/mol. The summed E-state index contributed by atoms with van der Waals surface area (Å²) in [6.45, 7) is -0.00981. The molecule has 0 amide bonds. The van der Waals surface area contributed by atoms with Gasteiger partial charge in [-0.25, -0.2) is 18.4 Å². The van der Waals surface area contributed by atoms with E-state index in [1.807, 2.05) is 0 Å². The first kappa shape index (κ1) is 24.8. The number of thioether (sulfide) groups is 1. The van der Waals surface area contributed by atoms with E-state index in [9.17, 15) is 34.8 Å². The lowest BCUT2D eigenvalue weighted by molar-refractivity contribution is -0.124. The Morgan fingerprint density at radius 2 is 1.91 bits per heavy atom. The van der Waals surface area contributed by atoms with Crippen LogP contribution >= 0.6 is 11.8 Å². The van der Waals surface area contributed by atoms with Crippen LogP contribution in [0.3, 0.4) is 0 Å². The molecule has 0 bridgehead atoms. The zero-order valence-electron chi connectivity index (χ0n) is 16.5. The molecule has 3 rings (SSSR count). The van der Waals surface area contributed by atoms with Gasteiger partial charge in [-0.1, -0.05) is 6.92 Å². The fourth-order valence-corrected chi connectivity index (χ4v) is 4.18. The first-order valence-corrected chi connectivity index (χ1v) is 11.5. The van der Waals surface area contributed by atoms with Gasteiger partial charge in [-0.05, 0) is 36.0 Å². The van der Waals surface area contributed by atoms with Crippen LogP contribution in [0.4, 0.5) is 26.3 Å². The summed E-state index contributed by atoms with van der Waals surface area (Å²) in [5.74, 6) is -0.578. The third kappa shape index (κ3) is 6.60. The molecule has 178 valence electrons. The third-order valence-electron chi connectivity index (χ3n) is 3.97. The van der Waals surface area contributed by atoms with Gasteiger partial charge in [0.2, 0.25) is 5.89 Å². The number of hydrogen-bond donors (Lipinski definition) is 1. The Balaban J connectivity index is 1.99. The molecule has 0 fully saturated rings. The van der Waals surface area contributed by atoms with Gasteiger partial charge in [0.1, 0.15) is 17.8 Å². The predicted octanol–water partition coefficient (Wildman–Crippen LogP) is 4.78. The second-order valence-corrected chi connectivity index (χ2v) is 9.81. The highest BCUT2D eigenvalue weighted by Crippen LogP contribution is 2.38. The Morgan fingerprint density at radius 3 is 2.55 bits per heavy atom. The molecule has 3 aromatic rings. The van der Waals surface area contributed by atoms with Gasteiger partial charge in [0.25, 0.3) is 0 Å². The standard InChI is InChI=1S/C18H14F6N4O3S2/c1-2-33(29,30)14-5-10(8-26-27-9-17(19,20)21)7-25-15(14)16-28-12-6-11(32-18(22,23)24)3-4-13(12)31-16/h3-8,27H,2,9H2,1H3. The minimum absolute atomic E-state index is 0.0582. The summed E-state index contributed by atoms with van der Waals surface area (Å²) < 4.78 is 105. The van der Waals surface area contributed by atoms with E-state index < -0.39 is 28.1 Å². The maximum atomic E-state index is 12.6. The van der Waals surface area contributed by atoms with Gasteiger partial charge >= 0.3 is 11.7 Å². The van der Waals surface area contributed by atoms with Crippen LogP contribution in [0.25, 0.3) is 22.7 Å². The Kier molecular flexibility index (Phi) is 6.93. The largest absolute Gasteiger partial charge is 0.446 e. The normalized spacial score (nSPS) is 13.2. The number of hydrazone groups is 1. The zero-order chi connectivity index (χ0) is 24.4. The molecule has 0 aliphatic heterocycles. The van der Waals surface area contributed by atoms with Crippen molar-refractivity contribution in [1.82, 2.24) is 15.4 Å². The average Bonchev–Trinajstić information content (AvgIpc) is 3.12. The summed E-state index contributed by atoms with van der Waals surface area (Å²) >= 11 is -0.340. The summed E-state index contributed by atoms with van der Waals surface area (Å²) in [7, 11) is -3.90. The molecule has 0 unspecified atom stereocenters. The van der Waals surface area contributed by atoms with Crippen molar-refractivity contribution in [3.63, 3.8) is 0 Å². The molecule has 15 heteroatoms. The number of halogens is 6. The highest BCUT2D eigenvalue weighted by atomic mass is 32.2. The van der Waals surface area contributed by atoms with Crippen LogP contribution in [0.5, 0.6) is 0 Å². The van der Waals surface area contributed by atoms with Gasteiger partial charge in [-0.15, -0.1) is 0 Å². The molecule has 33 heavy (non-hydrogen) atoms. The molecule has 2 heterocycles. The number of alkyl halides is 6. The summed E-state index contributed by atoms with van der Waals surface area (Å²) in [5, 5.41) is 3.39. The van der Waals surface area contributed by atoms with Crippen LogP contribution in [0.1, 0.15) is 12.5 Å². The number of fused-ring (bicyclic) bond motifs is 1. The van der Waals surface area contributed by atoms with E-state index in [1.165, 1.54) is 19.1 Å². The molecule has 0 aliphatic carbocycles. The van der Waals surface area contributed by atoms with Gasteiger partial charge in [0.05, 0.1) is 16.9 Å². The minimum Gasteiger partial charge on any atom is -0.435 e. The lowest BCUT2D eigenvalue weighted by Crippen LogP contribution is -2.25. The maximum absolute atomic E-state index is 12.6. The van der Waals surface area contributed by atoms with Crippen LogP contribution in [-0.2, 0) is 9.84 Å². The minimum atomic E-state index is -4.50. The highest BCUT2D eigenvalue weighted by molar-refractivity contribution is 8.00. The number of pyridine rings is 1. The number of oxazole rings is 1. The van der Waals surface area contributed by atoms with E-state index in [4.69, 9.17) is 4.42 Å². The highest BCUT2D eigenvalue weighted by Gasteiger charge is 2.30. The molecule has 1 aromatic carbocycles. The van der Waals surface area contributed by atoms with E-state index in [-0.39, 0.29) is 55.6 Å². The van der Waals surface area contributed by atoms with Crippen LogP contribution in [0.2, 0.25) is 0 Å². The number of hydrogen-bond acceptors (Lipinski definition) is 8. The lowest BCUT2D eigenvalue weighted by Gasteiger charge is -2.07. The first-order valence-electron chi connectivity index (χ1n) is 8.99. The number of aromatic nitrogens is 2. The Morgan fingerprint density at radius 1 is 1.18 bits per heavy atom. The Labute approximate surface area is 187 Å². The monoisotopic (exact) mass is 512 g/mol. The van der Waals surface area contributed by atoms with Gasteiger partial charge in [-0.3, -0.25) is 0 Å². The van der Waals surface area contributed by atoms with E-state index in [0.717, 1.165) is 24.5 Å². The first-order chi connectivity index (χ1) is 15.3. The SMILES string of the molecule is CCS(=O)(=O)c1cc(C=NNCC(F)(F)F)cnc1-c1nc2cc(SC(F)(F)F)ccc2o1. The van der Waals surface area contributed by atoms with Crippen molar-refractivity contribution in [2.45, 2.75) is 28.4 Å². The van der Waals surface area contributed by atoms with E-state index in [1.54, 1.807) is 5.43 Å². The second kappa shape index (κ2) is 9.21. The molecule has 0 aliphatic rings. The number of nitrogens with one attached hydrogen (secondary N) is 1. The summed E-state index contributed by atoms with van der Waals surface area (Å²) in [5.41, 5.74) is -2.66. The zero-order valence-corrected chi connectivity index (χ0v) is 18.2. The molecule has 0 spiro atoms. The lowest BCUT2D eigenvalue weighted by atomic mass is 10.2. The van der Waals surface area contributed by atoms with Crippen molar-refractivity contribution in [1.29, 1.82) is 0 Å². The van der Waals surface area contributed by atoms with Crippen LogP contribution < -0.4 is 5.43 Å². The van der Waals surface area contributed by atoms with Crippen LogP contribution in [-0.4, -0.2) is 48.6 Å². The molecule has 0 radical (unpaired) electrons. The van der Waals surface area contributed by atoms with Crippen molar-refractivity contribution in [2.75, 3.05) is 12.3 Å². The molecular weight excluding hydrogens is 498 g/mol. The van der Waals surface area contributed by atoms with Gasteiger partial charge < -0.3 is 9.84 Å². The Hall–Kier alpha value is -2.81. The van der Waals surface area contributed by atoms with Gasteiger partial charge in [0, 0.05) is 16.7 Å². The number of nitrogens with zero attached hydrogens (tertiary/aromatic N) is 3. The quantitative estimate of drug-likeness (QED) is 0.211. The Bertz CT molecular complexity index is 1290. The molecule has 2 aromatic heterocycles. The van der Waals surface area contributed by atoms with Crippen molar-refractivity contribution in [2.24, 2.45) is 5.10 Å². The molecule has 0 atom stereocenters. The molecule has 0 saturated carbocycles. The number of rotatable bonds is 7. The summed E-state index contributed by atoms with van der Waals surface area (Å²) in [4.78, 5) is 7.62. The fraction of sp³-hybridized carbons (Fsp3) is 0.278. The van der Waals surface area contributed by atoms with E-state index >= 15 is 0 Å². The predicted molar refractivity (Wildman–Crippen MR) is 109 cm³/mol.